The molecule has 0 saturated carbocycles. The second-order valence-electron chi connectivity index (χ2n) is 5.51. The lowest BCUT2D eigenvalue weighted by Crippen LogP contribution is -2.54. The van der Waals surface area contributed by atoms with Gasteiger partial charge >= 0.3 is 6.61 Å². The molecular weight excluding hydrogens is 292 g/mol. The van der Waals surface area contributed by atoms with Gasteiger partial charge in [-0.05, 0) is 38.4 Å². The first kappa shape index (κ1) is 16.6. The highest BCUT2D eigenvalue weighted by atomic mass is 19.3. The van der Waals surface area contributed by atoms with Crippen LogP contribution in [0.15, 0.2) is 24.3 Å². The number of nitrogens with one attached hydrogen (secondary N) is 1. The predicted octanol–water partition coefficient (Wildman–Crippen LogP) is 1.26. The Bertz CT molecular complexity index is 496. The molecule has 1 fully saturated rings. The molecule has 0 aliphatic carbocycles. The van der Waals surface area contributed by atoms with Gasteiger partial charge in [0, 0.05) is 37.8 Å². The summed E-state index contributed by atoms with van der Waals surface area (Å²) in [5.74, 6) is -0.176. The third-order valence-corrected chi connectivity index (χ3v) is 3.82. The van der Waals surface area contributed by atoms with Gasteiger partial charge in [-0.1, -0.05) is 0 Å². The lowest BCUT2D eigenvalue weighted by Gasteiger charge is -2.37. The number of benzene rings is 1. The van der Waals surface area contributed by atoms with Crippen molar-refractivity contribution in [1.29, 1.82) is 0 Å². The van der Waals surface area contributed by atoms with Crippen LogP contribution in [0.3, 0.4) is 0 Å². The van der Waals surface area contributed by atoms with Crippen LogP contribution < -0.4 is 10.1 Å². The molecule has 1 amide bonds. The fourth-order valence-electron chi connectivity index (χ4n) is 2.42. The number of ether oxygens (including phenoxy) is 1. The zero-order valence-corrected chi connectivity index (χ0v) is 12.8. The zero-order chi connectivity index (χ0) is 16.1. The number of hydrogen-bond donors (Lipinski definition) is 1. The van der Waals surface area contributed by atoms with Crippen LogP contribution in [0.2, 0.25) is 0 Å². The molecular formula is C15H21F2N3O2. The van der Waals surface area contributed by atoms with Crippen LogP contribution in [0, 0.1) is 0 Å². The molecule has 0 spiro atoms. The van der Waals surface area contributed by atoms with Crippen molar-refractivity contribution >= 4 is 5.91 Å². The Morgan fingerprint density at radius 2 is 2.00 bits per heavy atom. The van der Waals surface area contributed by atoms with Crippen molar-refractivity contribution in [1.82, 2.24) is 15.1 Å². The van der Waals surface area contributed by atoms with Gasteiger partial charge in [0.1, 0.15) is 5.75 Å². The maximum atomic E-state index is 12.1. The van der Waals surface area contributed by atoms with E-state index < -0.39 is 6.61 Å². The number of piperazine rings is 1. The fraction of sp³-hybridized carbons (Fsp3) is 0.533. The van der Waals surface area contributed by atoms with E-state index in [9.17, 15) is 13.6 Å². The van der Waals surface area contributed by atoms with E-state index >= 15 is 0 Å². The third-order valence-electron chi connectivity index (χ3n) is 3.82. The van der Waals surface area contributed by atoms with Gasteiger partial charge in [-0.3, -0.25) is 9.69 Å². The summed E-state index contributed by atoms with van der Waals surface area (Å²) in [6.07, 6.45) is 0. The summed E-state index contributed by atoms with van der Waals surface area (Å²) in [5, 5.41) is 2.88. The van der Waals surface area contributed by atoms with Gasteiger partial charge in [-0.15, -0.1) is 0 Å². The lowest BCUT2D eigenvalue weighted by atomic mass is 10.1. The monoisotopic (exact) mass is 313 g/mol. The van der Waals surface area contributed by atoms with Gasteiger partial charge in [0.2, 0.25) is 0 Å². The fourth-order valence-corrected chi connectivity index (χ4v) is 2.42. The quantitative estimate of drug-likeness (QED) is 0.889. The van der Waals surface area contributed by atoms with E-state index in [4.69, 9.17) is 0 Å². The Morgan fingerprint density at radius 3 is 2.64 bits per heavy atom. The predicted molar refractivity (Wildman–Crippen MR) is 79.3 cm³/mol. The summed E-state index contributed by atoms with van der Waals surface area (Å²) in [5.41, 5.74) is 0.424. The first-order chi connectivity index (χ1) is 10.5. The van der Waals surface area contributed by atoms with Crippen molar-refractivity contribution in [3.63, 3.8) is 0 Å². The topological polar surface area (TPSA) is 44.8 Å². The average Bonchev–Trinajstić information content (AvgIpc) is 2.48. The normalized spacial score (nSPS) is 20.1. The summed E-state index contributed by atoms with van der Waals surface area (Å²) in [4.78, 5) is 16.5. The number of amides is 1. The largest absolute Gasteiger partial charge is 0.435 e. The molecule has 0 bridgehead atoms. The molecule has 1 aliphatic heterocycles. The van der Waals surface area contributed by atoms with Crippen molar-refractivity contribution in [2.45, 2.75) is 12.7 Å². The highest BCUT2D eigenvalue weighted by Gasteiger charge is 2.22. The van der Waals surface area contributed by atoms with Gasteiger partial charge in [0.25, 0.3) is 5.91 Å². The number of carbonyl (C=O) groups excluding carboxylic acids is 1. The van der Waals surface area contributed by atoms with Crippen LogP contribution in [0.5, 0.6) is 5.75 Å². The van der Waals surface area contributed by atoms with Gasteiger partial charge in [0.15, 0.2) is 0 Å². The molecule has 1 N–H and O–H groups in total. The van der Waals surface area contributed by atoms with Crippen molar-refractivity contribution in [2.24, 2.45) is 0 Å². The first-order valence-corrected chi connectivity index (χ1v) is 7.17. The van der Waals surface area contributed by atoms with Gasteiger partial charge < -0.3 is 15.0 Å². The maximum absolute atomic E-state index is 12.1. The molecule has 1 aromatic carbocycles. The second-order valence-corrected chi connectivity index (χ2v) is 5.51. The van der Waals surface area contributed by atoms with E-state index in [2.05, 4.69) is 26.9 Å². The summed E-state index contributed by atoms with van der Waals surface area (Å²) in [6, 6.07) is 5.94. The van der Waals surface area contributed by atoms with Crippen molar-refractivity contribution < 1.29 is 18.3 Å². The molecule has 7 heteroatoms. The van der Waals surface area contributed by atoms with Crippen molar-refractivity contribution in [3.05, 3.63) is 29.8 Å². The smallest absolute Gasteiger partial charge is 0.387 e. The van der Waals surface area contributed by atoms with Crippen molar-refractivity contribution in [3.8, 4) is 5.75 Å². The molecule has 2 rings (SSSR count). The van der Waals surface area contributed by atoms with Gasteiger partial charge in [0.05, 0.1) is 0 Å². The highest BCUT2D eigenvalue weighted by molar-refractivity contribution is 5.94. The van der Waals surface area contributed by atoms with E-state index in [1.807, 2.05) is 7.05 Å². The Balaban J connectivity index is 1.86. The molecule has 0 aromatic heterocycles. The van der Waals surface area contributed by atoms with E-state index in [-0.39, 0.29) is 17.7 Å². The zero-order valence-electron chi connectivity index (χ0n) is 12.8. The van der Waals surface area contributed by atoms with Crippen LogP contribution >= 0.6 is 0 Å². The minimum absolute atomic E-state index is 0.0418. The van der Waals surface area contributed by atoms with Crippen LogP contribution in [0.25, 0.3) is 0 Å². The third kappa shape index (κ3) is 4.64. The molecule has 122 valence electrons. The SMILES string of the molecule is CN1CCN(C)C(CNC(=O)c2ccc(OC(F)F)cc2)C1. The summed E-state index contributed by atoms with van der Waals surface area (Å²) in [7, 11) is 4.10. The number of alkyl halides is 2. The van der Waals surface area contributed by atoms with Crippen LogP contribution in [0.1, 0.15) is 10.4 Å². The number of carbonyl (C=O) groups is 1. The summed E-state index contributed by atoms with van der Waals surface area (Å²) < 4.78 is 28.4. The van der Waals surface area contributed by atoms with E-state index in [0.29, 0.717) is 12.1 Å². The molecule has 1 aliphatic rings. The van der Waals surface area contributed by atoms with Crippen molar-refractivity contribution in [2.75, 3.05) is 40.3 Å². The number of nitrogens with zero attached hydrogens (tertiary/aromatic N) is 2. The number of hydrogen-bond acceptors (Lipinski definition) is 4. The molecule has 1 aromatic rings. The Morgan fingerprint density at radius 1 is 1.32 bits per heavy atom. The van der Waals surface area contributed by atoms with Crippen LogP contribution in [-0.4, -0.2) is 68.6 Å². The Hall–Kier alpha value is -1.73. The molecule has 22 heavy (non-hydrogen) atoms. The minimum Gasteiger partial charge on any atom is -0.435 e. The standard InChI is InChI=1S/C15H21F2N3O2/c1-19-7-8-20(2)12(10-19)9-18-14(21)11-3-5-13(6-4-11)22-15(16)17/h3-6,12,15H,7-10H2,1-2H3,(H,18,21). The van der Waals surface area contributed by atoms with E-state index in [1.54, 1.807) is 0 Å². The second kappa shape index (κ2) is 7.51. The van der Waals surface area contributed by atoms with Crippen LogP contribution in [0.4, 0.5) is 8.78 Å². The average molecular weight is 313 g/mol. The molecule has 1 unspecified atom stereocenters. The number of halogens is 2. The van der Waals surface area contributed by atoms with Gasteiger partial charge in [-0.25, -0.2) is 0 Å². The van der Waals surface area contributed by atoms with Crippen LogP contribution in [-0.2, 0) is 0 Å². The highest BCUT2D eigenvalue weighted by Crippen LogP contribution is 2.15. The molecule has 0 radical (unpaired) electrons. The minimum atomic E-state index is -2.86. The number of rotatable bonds is 5. The van der Waals surface area contributed by atoms with Gasteiger partial charge in [-0.2, -0.15) is 8.78 Å². The molecule has 1 saturated heterocycles. The summed E-state index contributed by atoms with van der Waals surface area (Å²) >= 11 is 0. The molecule has 1 atom stereocenters. The molecule has 1 heterocycles. The summed E-state index contributed by atoms with van der Waals surface area (Å²) in [6.45, 7) is 0.578. The Kier molecular flexibility index (Phi) is 5.68. The lowest BCUT2D eigenvalue weighted by molar-refractivity contribution is -0.0498. The maximum Gasteiger partial charge on any atom is 0.387 e. The Labute approximate surface area is 128 Å². The van der Waals surface area contributed by atoms with E-state index in [1.165, 1.54) is 24.3 Å². The number of likely N-dealkylation sites (N-methyl/N-ethyl adjacent to an activating group) is 2. The molecule has 5 nitrogen and oxygen atoms in total. The van der Waals surface area contributed by atoms with E-state index in [0.717, 1.165) is 19.6 Å². The first-order valence-electron chi connectivity index (χ1n) is 7.17.